The molecule has 1 N–H and O–H groups in total. The molecule has 1 nitrogen and oxygen atoms in total. The molecule has 1 aromatic carbocycles. The van der Waals surface area contributed by atoms with E-state index in [1.807, 2.05) is 0 Å². The first-order chi connectivity index (χ1) is 9.20. The maximum absolute atomic E-state index is 3.83. The van der Waals surface area contributed by atoms with Crippen LogP contribution in [0, 0.1) is 11.8 Å². The molecule has 0 saturated heterocycles. The van der Waals surface area contributed by atoms with Gasteiger partial charge in [-0.25, -0.2) is 0 Å². The fourth-order valence-corrected chi connectivity index (χ4v) is 4.15. The Labute approximate surface area is 125 Å². The summed E-state index contributed by atoms with van der Waals surface area (Å²) in [4.78, 5) is 0. The van der Waals surface area contributed by atoms with Crippen LogP contribution in [0.1, 0.15) is 43.7 Å². The second-order valence-electron chi connectivity index (χ2n) is 6.55. The van der Waals surface area contributed by atoms with E-state index in [1.165, 1.54) is 49.5 Å². The van der Waals surface area contributed by atoms with Gasteiger partial charge in [-0.3, -0.25) is 0 Å². The van der Waals surface area contributed by atoms with E-state index in [9.17, 15) is 0 Å². The summed E-state index contributed by atoms with van der Waals surface area (Å²) in [7, 11) is 0. The molecule has 3 rings (SSSR count). The molecule has 0 bridgehead atoms. The number of rotatable bonds is 3. The average molecular weight is 322 g/mol. The van der Waals surface area contributed by atoms with Crippen molar-refractivity contribution in [3.8, 4) is 0 Å². The van der Waals surface area contributed by atoms with E-state index in [4.69, 9.17) is 0 Å². The van der Waals surface area contributed by atoms with Crippen molar-refractivity contribution in [1.29, 1.82) is 0 Å². The van der Waals surface area contributed by atoms with Crippen LogP contribution in [0.25, 0.3) is 0 Å². The van der Waals surface area contributed by atoms with Crippen molar-refractivity contribution in [2.24, 2.45) is 11.8 Å². The van der Waals surface area contributed by atoms with Crippen molar-refractivity contribution in [2.75, 3.05) is 6.54 Å². The molecule has 0 spiro atoms. The van der Waals surface area contributed by atoms with E-state index >= 15 is 0 Å². The monoisotopic (exact) mass is 321 g/mol. The lowest BCUT2D eigenvalue weighted by molar-refractivity contribution is 0.396. The van der Waals surface area contributed by atoms with Crippen molar-refractivity contribution in [3.63, 3.8) is 0 Å². The molecule has 0 aliphatic heterocycles. The van der Waals surface area contributed by atoms with Gasteiger partial charge in [-0.2, -0.15) is 0 Å². The van der Waals surface area contributed by atoms with Gasteiger partial charge in [0, 0.05) is 10.5 Å². The van der Waals surface area contributed by atoms with Gasteiger partial charge in [0.05, 0.1) is 0 Å². The van der Waals surface area contributed by atoms with Crippen LogP contribution >= 0.6 is 15.9 Å². The number of hydrogen-bond acceptors (Lipinski definition) is 1. The minimum Gasteiger partial charge on any atom is -0.313 e. The lowest BCUT2D eigenvalue weighted by atomic mass is 9.88. The molecule has 19 heavy (non-hydrogen) atoms. The molecule has 2 heteroatoms. The molecule has 0 radical (unpaired) electrons. The van der Waals surface area contributed by atoms with Gasteiger partial charge >= 0.3 is 0 Å². The highest BCUT2D eigenvalue weighted by Gasteiger charge is 2.23. The number of hydrogen-bond donors (Lipinski definition) is 1. The Hall–Kier alpha value is -0.340. The molecule has 104 valence electrons. The summed E-state index contributed by atoms with van der Waals surface area (Å²) in [5.74, 6) is 1.89. The highest BCUT2D eigenvalue weighted by atomic mass is 79.9. The van der Waals surface area contributed by atoms with Crippen LogP contribution in [0.15, 0.2) is 22.7 Å². The number of aryl methyl sites for hydroxylation is 1. The van der Waals surface area contributed by atoms with E-state index in [1.54, 1.807) is 11.1 Å². The van der Waals surface area contributed by atoms with Gasteiger partial charge in [0.25, 0.3) is 0 Å². The van der Waals surface area contributed by atoms with Gasteiger partial charge in [0.15, 0.2) is 0 Å². The molecule has 3 atom stereocenters. The van der Waals surface area contributed by atoms with Crippen molar-refractivity contribution in [2.45, 2.75) is 51.5 Å². The number of benzene rings is 1. The minimum absolute atomic E-state index is 0.699. The molecule has 1 aromatic rings. The predicted molar refractivity (Wildman–Crippen MR) is 84.5 cm³/mol. The molecule has 0 aromatic heterocycles. The van der Waals surface area contributed by atoms with E-state index < -0.39 is 0 Å². The number of fused-ring (bicyclic) bond motifs is 1. The van der Waals surface area contributed by atoms with Crippen LogP contribution in [-0.2, 0) is 12.8 Å². The SMILES string of the molecule is CC1CCC(CNC2CCc3cc(Br)ccc3C2)C1. The Bertz CT molecular complexity index is 443. The third kappa shape index (κ3) is 3.41. The fourth-order valence-electron chi connectivity index (χ4n) is 3.74. The second kappa shape index (κ2) is 5.97. The molecule has 2 aliphatic carbocycles. The lowest BCUT2D eigenvalue weighted by Crippen LogP contribution is -2.37. The van der Waals surface area contributed by atoms with Crippen molar-refractivity contribution in [1.82, 2.24) is 5.32 Å². The zero-order valence-corrected chi connectivity index (χ0v) is 13.4. The first-order valence-corrected chi connectivity index (χ1v) is 8.50. The Morgan fingerprint density at radius 1 is 1.21 bits per heavy atom. The van der Waals surface area contributed by atoms with Crippen LogP contribution in [0.4, 0.5) is 0 Å². The van der Waals surface area contributed by atoms with Gasteiger partial charge in [-0.1, -0.05) is 35.3 Å². The Morgan fingerprint density at radius 3 is 2.89 bits per heavy atom. The summed E-state index contributed by atoms with van der Waals surface area (Å²) in [6.07, 6.45) is 8.05. The second-order valence-corrected chi connectivity index (χ2v) is 7.46. The summed E-state index contributed by atoms with van der Waals surface area (Å²) in [5.41, 5.74) is 3.09. The topological polar surface area (TPSA) is 12.0 Å². The van der Waals surface area contributed by atoms with Crippen LogP contribution in [0.3, 0.4) is 0 Å². The summed E-state index contributed by atoms with van der Waals surface area (Å²) >= 11 is 3.57. The lowest BCUT2D eigenvalue weighted by Gasteiger charge is -2.27. The number of halogens is 1. The standard InChI is InChI=1S/C17H24BrN/c1-12-2-3-13(8-12)11-19-17-7-5-14-9-16(18)6-4-15(14)10-17/h4,6,9,12-13,17,19H,2-3,5,7-8,10-11H2,1H3. The van der Waals surface area contributed by atoms with Crippen LogP contribution in [-0.4, -0.2) is 12.6 Å². The molecule has 1 fully saturated rings. The first-order valence-electron chi connectivity index (χ1n) is 7.71. The predicted octanol–water partition coefficient (Wildman–Crippen LogP) is 4.33. The first kappa shape index (κ1) is 13.6. The molecule has 2 aliphatic rings. The Balaban J connectivity index is 1.53. The summed E-state index contributed by atoms with van der Waals surface area (Å²) in [6, 6.07) is 7.47. The zero-order valence-electron chi connectivity index (χ0n) is 11.8. The number of nitrogens with one attached hydrogen (secondary N) is 1. The van der Waals surface area contributed by atoms with Crippen LogP contribution in [0.2, 0.25) is 0 Å². The van der Waals surface area contributed by atoms with Crippen molar-refractivity contribution in [3.05, 3.63) is 33.8 Å². The fraction of sp³-hybridized carbons (Fsp3) is 0.647. The highest BCUT2D eigenvalue weighted by molar-refractivity contribution is 9.10. The maximum Gasteiger partial charge on any atom is 0.0178 e. The molecule has 0 heterocycles. The Morgan fingerprint density at radius 2 is 2.11 bits per heavy atom. The van der Waals surface area contributed by atoms with E-state index in [0.717, 1.165) is 11.8 Å². The van der Waals surface area contributed by atoms with Crippen molar-refractivity contribution >= 4 is 15.9 Å². The van der Waals surface area contributed by atoms with Gasteiger partial charge in [-0.15, -0.1) is 0 Å². The van der Waals surface area contributed by atoms with Gasteiger partial charge < -0.3 is 5.32 Å². The third-order valence-corrected chi connectivity index (χ3v) is 5.39. The average Bonchev–Trinajstić information content (AvgIpc) is 2.82. The van der Waals surface area contributed by atoms with E-state index in [0.29, 0.717) is 6.04 Å². The molecule has 1 saturated carbocycles. The largest absolute Gasteiger partial charge is 0.313 e. The summed E-state index contributed by atoms with van der Waals surface area (Å²) in [5, 5.41) is 3.83. The van der Waals surface area contributed by atoms with Crippen LogP contribution in [0.5, 0.6) is 0 Å². The summed E-state index contributed by atoms with van der Waals surface area (Å²) < 4.78 is 1.22. The highest BCUT2D eigenvalue weighted by Crippen LogP contribution is 2.30. The van der Waals surface area contributed by atoms with Crippen LogP contribution < -0.4 is 5.32 Å². The smallest absolute Gasteiger partial charge is 0.0178 e. The van der Waals surface area contributed by atoms with Gasteiger partial charge in [-0.05, 0) is 73.7 Å². The molecule has 3 unspecified atom stereocenters. The van der Waals surface area contributed by atoms with E-state index in [-0.39, 0.29) is 0 Å². The summed E-state index contributed by atoms with van der Waals surface area (Å²) in [6.45, 7) is 3.63. The molecule has 0 amide bonds. The van der Waals surface area contributed by atoms with E-state index in [2.05, 4.69) is 46.4 Å². The third-order valence-electron chi connectivity index (χ3n) is 4.90. The normalized spacial score (nSPS) is 30.3. The Kier molecular flexibility index (Phi) is 4.28. The van der Waals surface area contributed by atoms with Gasteiger partial charge in [0.2, 0.25) is 0 Å². The van der Waals surface area contributed by atoms with Crippen molar-refractivity contribution < 1.29 is 0 Å². The quantitative estimate of drug-likeness (QED) is 0.873. The molecular weight excluding hydrogens is 298 g/mol. The maximum atomic E-state index is 3.83. The zero-order chi connectivity index (χ0) is 13.2. The molecular formula is C17H24BrN. The van der Waals surface area contributed by atoms with Gasteiger partial charge in [0.1, 0.15) is 0 Å². The minimum atomic E-state index is 0.699.